The van der Waals surface area contributed by atoms with E-state index in [4.69, 9.17) is 5.73 Å². The Morgan fingerprint density at radius 1 is 1.39 bits per heavy atom. The molecule has 0 bridgehead atoms. The van der Waals surface area contributed by atoms with E-state index in [0.29, 0.717) is 39.0 Å². The van der Waals surface area contributed by atoms with Gasteiger partial charge in [-0.25, -0.2) is 8.78 Å². The lowest BCUT2D eigenvalue weighted by Crippen LogP contribution is -2.52. The van der Waals surface area contributed by atoms with Crippen molar-refractivity contribution in [2.75, 3.05) is 26.2 Å². The highest BCUT2D eigenvalue weighted by Gasteiger charge is 2.49. The first-order valence-corrected chi connectivity index (χ1v) is 5.77. The largest absolute Gasteiger partial charge is 0.383 e. The van der Waals surface area contributed by atoms with Gasteiger partial charge < -0.3 is 16.0 Å². The van der Waals surface area contributed by atoms with Crippen molar-refractivity contribution in [3.63, 3.8) is 0 Å². The third-order valence-corrected chi connectivity index (χ3v) is 2.94. The van der Waals surface area contributed by atoms with Gasteiger partial charge in [0.1, 0.15) is 0 Å². The van der Waals surface area contributed by atoms with Gasteiger partial charge in [-0.15, -0.1) is 0 Å². The van der Waals surface area contributed by atoms with E-state index in [1.807, 2.05) is 10.2 Å². The molecule has 0 aromatic heterocycles. The van der Waals surface area contributed by atoms with E-state index in [-0.39, 0.29) is 0 Å². The van der Waals surface area contributed by atoms with Gasteiger partial charge in [-0.1, -0.05) is 0 Å². The van der Waals surface area contributed by atoms with Gasteiger partial charge in [-0.3, -0.25) is 4.79 Å². The lowest BCUT2D eigenvalue weighted by Gasteiger charge is -2.32. The Hall–Kier alpha value is -0.890. The highest BCUT2D eigenvalue weighted by molar-refractivity contribution is 5.84. The SMILES string of the molecule is NCCN1CCC(NC(=O)C(F)(F)C(F)F)CC1. The molecule has 0 aliphatic carbocycles. The highest BCUT2D eigenvalue weighted by Crippen LogP contribution is 2.23. The van der Waals surface area contributed by atoms with E-state index in [1.54, 1.807) is 0 Å². The Labute approximate surface area is 102 Å². The van der Waals surface area contributed by atoms with E-state index in [9.17, 15) is 22.4 Å². The average Bonchev–Trinajstić information content (AvgIpc) is 2.31. The molecule has 4 nitrogen and oxygen atoms in total. The van der Waals surface area contributed by atoms with Crippen LogP contribution in [0.3, 0.4) is 0 Å². The van der Waals surface area contributed by atoms with Gasteiger partial charge in [-0.05, 0) is 12.8 Å². The molecule has 18 heavy (non-hydrogen) atoms. The van der Waals surface area contributed by atoms with Crippen molar-refractivity contribution in [1.82, 2.24) is 10.2 Å². The standard InChI is InChI=1S/C10H17F4N3O/c11-8(12)10(13,14)9(18)16-7-1-4-17(5-2-7)6-3-15/h7-8H,1-6,15H2,(H,16,18). The van der Waals surface area contributed by atoms with Crippen LogP contribution in [0.1, 0.15) is 12.8 Å². The maximum absolute atomic E-state index is 12.7. The molecule has 0 unspecified atom stereocenters. The van der Waals surface area contributed by atoms with Crippen LogP contribution >= 0.6 is 0 Å². The number of rotatable bonds is 5. The summed E-state index contributed by atoms with van der Waals surface area (Å²) in [7, 11) is 0. The van der Waals surface area contributed by atoms with Crippen LogP contribution in [0.4, 0.5) is 17.6 Å². The Morgan fingerprint density at radius 3 is 2.39 bits per heavy atom. The number of hydrogen-bond donors (Lipinski definition) is 2. The Morgan fingerprint density at radius 2 is 1.94 bits per heavy atom. The van der Waals surface area contributed by atoms with Crippen LogP contribution in [-0.2, 0) is 4.79 Å². The van der Waals surface area contributed by atoms with Crippen molar-refractivity contribution in [1.29, 1.82) is 0 Å². The van der Waals surface area contributed by atoms with Crippen molar-refractivity contribution in [2.45, 2.75) is 31.2 Å². The number of nitrogens with two attached hydrogens (primary N) is 1. The highest BCUT2D eigenvalue weighted by atomic mass is 19.3. The number of carbonyl (C=O) groups is 1. The number of likely N-dealkylation sites (tertiary alicyclic amines) is 1. The van der Waals surface area contributed by atoms with E-state index < -0.39 is 24.3 Å². The number of amides is 1. The van der Waals surface area contributed by atoms with Gasteiger partial charge in [0.2, 0.25) is 0 Å². The molecule has 1 fully saturated rings. The molecule has 0 saturated carbocycles. The van der Waals surface area contributed by atoms with Gasteiger partial charge in [0.05, 0.1) is 0 Å². The van der Waals surface area contributed by atoms with Gasteiger partial charge in [0.15, 0.2) is 0 Å². The summed E-state index contributed by atoms with van der Waals surface area (Å²) >= 11 is 0. The topological polar surface area (TPSA) is 58.4 Å². The number of carbonyl (C=O) groups excluding carboxylic acids is 1. The van der Waals surface area contributed by atoms with Crippen LogP contribution in [0.5, 0.6) is 0 Å². The third-order valence-electron chi connectivity index (χ3n) is 2.94. The predicted octanol–water partition coefficient (Wildman–Crippen LogP) is 0.426. The molecular formula is C10H17F4N3O. The maximum Gasteiger partial charge on any atom is 0.383 e. The Bertz CT molecular complexity index is 280. The molecule has 1 heterocycles. The van der Waals surface area contributed by atoms with Crippen LogP contribution < -0.4 is 11.1 Å². The summed E-state index contributed by atoms with van der Waals surface area (Å²) in [4.78, 5) is 13.0. The molecule has 1 aliphatic rings. The molecule has 1 aliphatic heterocycles. The molecule has 3 N–H and O–H groups in total. The molecule has 0 aromatic rings. The summed E-state index contributed by atoms with van der Waals surface area (Å²) in [5.74, 6) is -6.51. The van der Waals surface area contributed by atoms with Crippen molar-refractivity contribution in [3.8, 4) is 0 Å². The summed E-state index contributed by atoms with van der Waals surface area (Å²) in [6, 6.07) is -0.476. The van der Waals surface area contributed by atoms with Gasteiger partial charge >= 0.3 is 12.3 Å². The summed E-state index contributed by atoms with van der Waals surface area (Å²) in [5, 5.41) is 1.98. The van der Waals surface area contributed by atoms with Crippen LogP contribution in [0.2, 0.25) is 0 Å². The molecule has 0 radical (unpaired) electrons. The fourth-order valence-electron chi connectivity index (χ4n) is 1.86. The molecule has 0 spiro atoms. The molecule has 8 heteroatoms. The van der Waals surface area contributed by atoms with E-state index in [1.165, 1.54) is 0 Å². The van der Waals surface area contributed by atoms with Crippen molar-refractivity contribution in [2.24, 2.45) is 5.73 Å². The Kier molecular flexibility index (Phi) is 5.33. The summed E-state index contributed by atoms with van der Waals surface area (Å²) in [6.45, 7) is 2.43. The lowest BCUT2D eigenvalue weighted by atomic mass is 10.0. The zero-order chi connectivity index (χ0) is 13.8. The third kappa shape index (κ3) is 3.81. The second-order valence-electron chi connectivity index (χ2n) is 4.30. The smallest absolute Gasteiger partial charge is 0.348 e. The monoisotopic (exact) mass is 271 g/mol. The molecule has 1 rings (SSSR count). The minimum absolute atomic E-state index is 0.463. The maximum atomic E-state index is 12.7. The van der Waals surface area contributed by atoms with E-state index in [2.05, 4.69) is 0 Å². The van der Waals surface area contributed by atoms with Crippen LogP contribution in [0.25, 0.3) is 0 Å². The second kappa shape index (κ2) is 6.33. The van der Waals surface area contributed by atoms with Gasteiger partial charge in [0.25, 0.3) is 5.91 Å². The van der Waals surface area contributed by atoms with Crippen LogP contribution in [0.15, 0.2) is 0 Å². The molecular weight excluding hydrogens is 254 g/mol. The molecule has 1 saturated heterocycles. The summed E-state index contributed by atoms with van der Waals surface area (Å²) in [5.41, 5.74) is 5.37. The van der Waals surface area contributed by atoms with E-state index >= 15 is 0 Å². The molecule has 106 valence electrons. The van der Waals surface area contributed by atoms with E-state index in [0.717, 1.165) is 0 Å². The number of halogens is 4. The lowest BCUT2D eigenvalue weighted by molar-refractivity contribution is -0.170. The second-order valence-corrected chi connectivity index (χ2v) is 4.30. The Balaban J connectivity index is 2.39. The van der Waals surface area contributed by atoms with Gasteiger partial charge in [0, 0.05) is 32.2 Å². The number of nitrogens with one attached hydrogen (secondary N) is 1. The quantitative estimate of drug-likeness (QED) is 0.713. The number of nitrogens with zero attached hydrogens (tertiary/aromatic N) is 1. The van der Waals surface area contributed by atoms with Crippen LogP contribution in [0, 0.1) is 0 Å². The fourth-order valence-corrected chi connectivity index (χ4v) is 1.86. The minimum atomic E-state index is -4.62. The normalized spacial score (nSPS) is 19.2. The molecule has 0 aromatic carbocycles. The van der Waals surface area contributed by atoms with Crippen molar-refractivity contribution >= 4 is 5.91 Å². The van der Waals surface area contributed by atoms with Crippen molar-refractivity contribution in [3.05, 3.63) is 0 Å². The van der Waals surface area contributed by atoms with Crippen molar-refractivity contribution < 1.29 is 22.4 Å². The summed E-state index contributed by atoms with van der Waals surface area (Å²) < 4.78 is 49.3. The summed E-state index contributed by atoms with van der Waals surface area (Å²) in [6.07, 6.45) is -3.05. The number of alkyl halides is 4. The zero-order valence-corrected chi connectivity index (χ0v) is 9.84. The molecule has 0 atom stereocenters. The first-order chi connectivity index (χ1) is 8.37. The van der Waals surface area contributed by atoms with Gasteiger partial charge in [-0.2, -0.15) is 8.78 Å². The fraction of sp³-hybridized carbons (Fsp3) is 0.900. The minimum Gasteiger partial charge on any atom is -0.348 e. The number of piperidine rings is 1. The molecule has 1 amide bonds. The number of hydrogen-bond acceptors (Lipinski definition) is 3. The predicted molar refractivity (Wildman–Crippen MR) is 57.6 cm³/mol. The van der Waals surface area contributed by atoms with Crippen LogP contribution in [-0.4, -0.2) is 55.4 Å². The first kappa shape index (κ1) is 15.2. The average molecular weight is 271 g/mol. The first-order valence-electron chi connectivity index (χ1n) is 5.77. The zero-order valence-electron chi connectivity index (χ0n) is 9.84.